The Bertz CT molecular complexity index is 456. The molecule has 0 unspecified atom stereocenters. The van der Waals surface area contributed by atoms with E-state index in [1.807, 2.05) is 12.1 Å². The summed E-state index contributed by atoms with van der Waals surface area (Å²) in [5.74, 6) is 0.857. The van der Waals surface area contributed by atoms with E-state index in [-0.39, 0.29) is 18.3 Å². The zero-order valence-corrected chi connectivity index (χ0v) is 15.1. The molecule has 1 amide bonds. The number of amides is 1. The summed E-state index contributed by atoms with van der Waals surface area (Å²) in [6.45, 7) is 8.99. The van der Waals surface area contributed by atoms with Crippen LogP contribution in [0.3, 0.4) is 0 Å². The first kappa shape index (κ1) is 19.9. The summed E-state index contributed by atoms with van der Waals surface area (Å²) >= 11 is 0. The number of anilines is 1. The zero-order valence-electron chi connectivity index (χ0n) is 14.3. The highest BCUT2D eigenvalue weighted by atomic mass is 35.5. The van der Waals surface area contributed by atoms with Gasteiger partial charge in [0.15, 0.2) is 0 Å². The molecule has 5 heteroatoms. The summed E-state index contributed by atoms with van der Waals surface area (Å²) in [6, 6.07) is 8.11. The molecular formula is C18H30ClN3O. The first-order valence-corrected chi connectivity index (χ1v) is 8.53. The lowest BCUT2D eigenvalue weighted by molar-refractivity contribution is -0.117. The van der Waals surface area contributed by atoms with Gasteiger partial charge in [-0.1, -0.05) is 26.0 Å². The van der Waals surface area contributed by atoms with Crippen LogP contribution in [0, 0.1) is 5.92 Å². The van der Waals surface area contributed by atoms with Gasteiger partial charge in [0.2, 0.25) is 5.91 Å². The number of carbonyl (C=O) groups is 1. The molecule has 1 aromatic rings. The first-order valence-electron chi connectivity index (χ1n) is 8.53. The third kappa shape index (κ3) is 6.90. The molecule has 0 spiro atoms. The Labute approximate surface area is 146 Å². The lowest BCUT2D eigenvalue weighted by Gasteiger charge is -2.31. The van der Waals surface area contributed by atoms with Crippen LogP contribution >= 0.6 is 12.4 Å². The smallest absolute Gasteiger partial charge is 0.238 e. The van der Waals surface area contributed by atoms with Gasteiger partial charge in [-0.2, -0.15) is 0 Å². The molecule has 0 atom stereocenters. The van der Waals surface area contributed by atoms with E-state index in [2.05, 4.69) is 41.5 Å². The molecule has 0 aliphatic carbocycles. The van der Waals surface area contributed by atoms with Crippen molar-refractivity contribution in [1.82, 2.24) is 10.2 Å². The predicted octanol–water partition coefficient (Wildman–Crippen LogP) is 2.93. The van der Waals surface area contributed by atoms with Crippen molar-refractivity contribution in [3.63, 3.8) is 0 Å². The van der Waals surface area contributed by atoms with E-state index in [1.54, 1.807) is 0 Å². The molecule has 1 aliphatic rings. The highest BCUT2D eigenvalue weighted by molar-refractivity contribution is 5.92. The monoisotopic (exact) mass is 339 g/mol. The quantitative estimate of drug-likeness (QED) is 0.802. The number of piperidine rings is 1. The fraction of sp³-hybridized carbons (Fsp3) is 0.611. The number of hydrogen-bond donors (Lipinski definition) is 2. The maximum absolute atomic E-state index is 12.1. The van der Waals surface area contributed by atoms with Crippen molar-refractivity contribution in [3.05, 3.63) is 29.8 Å². The molecule has 23 heavy (non-hydrogen) atoms. The minimum atomic E-state index is 0. The van der Waals surface area contributed by atoms with Crippen molar-refractivity contribution >= 4 is 24.0 Å². The number of carbonyl (C=O) groups excluding carboxylic acids is 1. The van der Waals surface area contributed by atoms with E-state index in [1.165, 1.54) is 18.4 Å². The molecule has 0 aromatic heterocycles. The Balaban J connectivity index is 0.00000264. The highest BCUT2D eigenvalue weighted by Crippen LogP contribution is 2.16. The van der Waals surface area contributed by atoms with Gasteiger partial charge in [0.05, 0.1) is 6.54 Å². The Morgan fingerprint density at radius 3 is 2.39 bits per heavy atom. The third-order valence-corrected chi connectivity index (χ3v) is 4.40. The van der Waals surface area contributed by atoms with E-state index in [0.29, 0.717) is 6.54 Å². The van der Waals surface area contributed by atoms with Crippen molar-refractivity contribution in [2.45, 2.75) is 33.1 Å². The fourth-order valence-electron chi connectivity index (χ4n) is 2.92. The number of halogens is 1. The maximum atomic E-state index is 12.1. The van der Waals surface area contributed by atoms with Crippen molar-refractivity contribution in [3.8, 4) is 0 Å². The van der Waals surface area contributed by atoms with Gasteiger partial charge in [-0.25, -0.2) is 0 Å². The standard InChI is InChI=1S/C18H29N3O.ClH/c1-3-15-5-7-17(8-6-15)20-18(22)14-21-11-9-16(10-12-21)13-19-4-2;/h5-8,16,19H,3-4,9-14H2,1-2H3,(H,20,22);1H. The number of likely N-dealkylation sites (tertiary alicyclic amines) is 1. The number of nitrogens with zero attached hydrogens (tertiary/aromatic N) is 1. The second-order valence-corrected chi connectivity index (χ2v) is 6.13. The SMILES string of the molecule is CCNCC1CCN(CC(=O)Nc2ccc(CC)cc2)CC1.Cl. The van der Waals surface area contributed by atoms with Gasteiger partial charge in [-0.15, -0.1) is 12.4 Å². The number of nitrogens with one attached hydrogen (secondary N) is 2. The van der Waals surface area contributed by atoms with Crippen LogP contribution < -0.4 is 10.6 Å². The van der Waals surface area contributed by atoms with Crippen LogP contribution in [0.2, 0.25) is 0 Å². The lowest BCUT2D eigenvalue weighted by Crippen LogP contribution is -2.41. The molecule has 0 saturated carbocycles. The topological polar surface area (TPSA) is 44.4 Å². The minimum absolute atomic E-state index is 0. The first-order chi connectivity index (χ1) is 10.7. The van der Waals surface area contributed by atoms with Gasteiger partial charge in [0, 0.05) is 5.69 Å². The average Bonchev–Trinajstić information content (AvgIpc) is 2.55. The zero-order chi connectivity index (χ0) is 15.8. The van der Waals surface area contributed by atoms with Gasteiger partial charge in [-0.3, -0.25) is 9.69 Å². The highest BCUT2D eigenvalue weighted by Gasteiger charge is 2.20. The van der Waals surface area contributed by atoms with Crippen LogP contribution in [0.15, 0.2) is 24.3 Å². The molecule has 4 nitrogen and oxygen atoms in total. The van der Waals surface area contributed by atoms with E-state index in [0.717, 1.165) is 44.2 Å². The molecule has 0 bridgehead atoms. The van der Waals surface area contributed by atoms with Gasteiger partial charge in [-0.05, 0) is 69.1 Å². The fourth-order valence-corrected chi connectivity index (χ4v) is 2.92. The summed E-state index contributed by atoms with van der Waals surface area (Å²) in [5.41, 5.74) is 2.19. The largest absolute Gasteiger partial charge is 0.325 e. The Morgan fingerprint density at radius 2 is 1.83 bits per heavy atom. The normalized spacial score (nSPS) is 15.9. The van der Waals surface area contributed by atoms with Crippen molar-refractivity contribution in [1.29, 1.82) is 0 Å². The number of hydrogen-bond acceptors (Lipinski definition) is 3. The molecule has 1 saturated heterocycles. The average molecular weight is 340 g/mol. The summed E-state index contributed by atoms with van der Waals surface area (Å²) < 4.78 is 0. The van der Waals surface area contributed by atoms with Crippen LogP contribution in [-0.4, -0.2) is 43.5 Å². The molecule has 0 radical (unpaired) electrons. The van der Waals surface area contributed by atoms with E-state index >= 15 is 0 Å². The van der Waals surface area contributed by atoms with Gasteiger partial charge in [0.1, 0.15) is 0 Å². The second kappa shape index (κ2) is 10.6. The Hall–Kier alpha value is -1.10. The van der Waals surface area contributed by atoms with Crippen molar-refractivity contribution < 1.29 is 4.79 Å². The Kier molecular flexibility index (Phi) is 9.22. The minimum Gasteiger partial charge on any atom is -0.325 e. The Morgan fingerprint density at radius 1 is 1.17 bits per heavy atom. The molecule has 1 aromatic carbocycles. The summed E-state index contributed by atoms with van der Waals surface area (Å²) in [6.07, 6.45) is 3.40. The summed E-state index contributed by atoms with van der Waals surface area (Å²) in [4.78, 5) is 14.4. The van der Waals surface area contributed by atoms with Crippen molar-refractivity contribution in [2.75, 3.05) is 38.0 Å². The molecule has 1 aliphatic heterocycles. The predicted molar refractivity (Wildman–Crippen MR) is 99.4 cm³/mol. The van der Waals surface area contributed by atoms with Gasteiger partial charge in [0.25, 0.3) is 0 Å². The molecule has 1 fully saturated rings. The molecular weight excluding hydrogens is 310 g/mol. The molecule has 130 valence electrons. The van der Waals surface area contributed by atoms with Crippen LogP contribution in [-0.2, 0) is 11.2 Å². The summed E-state index contributed by atoms with van der Waals surface area (Å²) in [5, 5.41) is 6.41. The van der Waals surface area contributed by atoms with Crippen LogP contribution in [0.1, 0.15) is 32.3 Å². The number of rotatable bonds is 7. The second-order valence-electron chi connectivity index (χ2n) is 6.13. The van der Waals surface area contributed by atoms with Crippen LogP contribution in [0.4, 0.5) is 5.69 Å². The van der Waals surface area contributed by atoms with Gasteiger partial charge >= 0.3 is 0 Å². The number of aryl methyl sites for hydroxylation is 1. The molecule has 2 rings (SSSR count). The van der Waals surface area contributed by atoms with Crippen LogP contribution in [0.5, 0.6) is 0 Å². The van der Waals surface area contributed by atoms with Crippen LogP contribution in [0.25, 0.3) is 0 Å². The summed E-state index contributed by atoms with van der Waals surface area (Å²) in [7, 11) is 0. The number of benzene rings is 1. The third-order valence-electron chi connectivity index (χ3n) is 4.40. The van der Waals surface area contributed by atoms with E-state index in [4.69, 9.17) is 0 Å². The lowest BCUT2D eigenvalue weighted by atomic mass is 9.97. The molecule has 2 N–H and O–H groups in total. The maximum Gasteiger partial charge on any atom is 0.238 e. The van der Waals surface area contributed by atoms with Gasteiger partial charge < -0.3 is 10.6 Å². The van der Waals surface area contributed by atoms with Crippen molar-refractivity contribution in [2.24, 2.45) is 5.92 Å². The van der Waals surface area contributed by atoms with E-state index < -0.39 is 0 Å². The van der Waals surface area contributed by atoms with E-state index in [9.17, 15) is 4.79 Å². The molecule has 1 heterocycles.